The smallest absolute Gasteiger partial charge is 0.223 e. The normalized spacial score (nSPS) is 10.2. The van der Waals surface area contributed by atoms with Crippen molar-refractivity contribution in [2.24, 2.45) is 0 Å². The maximum Gasteiger partial charge on any atom is 0.223 e. The molecule has 0 saturated carbocycles. The van der Waals surface area contributed by atoms with Crippen LogP contribution in [-0.2, 0) is 6.54 Å². The maximum absolute atomic E-state index is 8.67. The van der Waals surface area contributed by atoms with E-state index in [0.29, 0.717) is 29.8 Å². The number of hydrogen-bond acceptors (Lipinski definition) is 7. The van der Waals surface area contributed by atoms with Crippen molar-refractivity contribution in [3.8, 4) is 17.5 Å². The Bertz CT molecular complexity index is 801. The predicted molar refractivity (Wildman–Crippen MR) is 78.5 cm³/mol. The van der Waals surface area contributed by atoms with Crippen LogP contribution in [-0.4, -0.2) is 20.1 Å². The van der Waals surface area contributed by atoms with Crippen molar-refractivity contribution in [1.29, 1.82) is 5.26 Å². The van der Waals surface area contributed by atoms with Gasteiger partial charge in [0.2, 0.25) is 11.7 Å². The molecule has 0 bridgehead atoms. The van der Waals surface area contributed by atoms with Gasteiger partial charge in [0, 0.05) is 19.0 Å². The summed E-state index contributed by atoms with van der Waals surface area (Å²) in [7, 11) is 0. The summed E-state index contributed by atoms with van der Waals surface area (Å²) in [6.07, 6.45) is 2.97. The molecule has 3 rings (SSSR count). The predicted octanol–water partition coefficient (Wildman–Crippen LogP) is 2.32. The Balaban J connectivity index is 1.64. The Labute approximate surface area is 126 Å². The van der Waals surface area contributed by atoms with Gasteiger partial charge in [-0.25, -0.2) is 9.97 Å². The zero-order valence-corrected chi connectivity index (χ0v) is 11.8. The fraction of sp³-hybridized carbons (Fsp3) is 0.133. The van der Waals surface area contributed by atoms with Gasteiger partial charge < -0.3 is 9.84 Å². The molecule has 2 heterocycles. The first kappa shape index (κ1) is 13.7. The van der Waals surface area contributed by atoms with E-state index >= 15 is 0 Å². The minimum absolute atomic E-state index is 0.297. The molecule has 108 valence electrons. The number of rotatable bonds is 4. The summed E-state index contributed by atoms with van der Waals surface area (Å²) < 4.78 is 4.96. The average Bonchev–Trinajstić information content (AvgIpc) is 3.00. The highest BCUT2D eigenvalue weighted by molar-refractivity contribution is 5.54. The van der Waals surface area contributed by atoms with Crippen molar-refractivity contribution >= 4 is 5.82 Å². The van der Waals surface area contributed by atoms with Gasteiger partial charge in [0.1, 0.15) is 11.9 Å². The van der Waals surface area contributed by atoms with Crippen molar-refractivity contribution in [3.63, 3.8) is 0 Å². The molecule has 0 atom stereocenters. The quantitative estimate of drug-likeness (QED) is 0.787. The molecule has 0 spiro atoms. The lowest BCUT2D eigenvalue weighted by Gasteiger charge is -2.05. The first-order chi connectivity index (χ1) is 10.7. The zero-order valence-electron chi connectivity index (χ0n) is 11.8. The van der Waals surface area contributed by atoms with Crippen molar-refractivity contribution in [1.82, 2.24) is 20.1 Å². The second-order valence-corrected chi connectivity index (χ2v) is 4.59. The third kappa shape index (κ3) is 3.07. The van der Waals surface area contributed by atoms with Crippen LogP contribution in [0.25, 0.3) is 11.4 Å². The highest BCUT2D eigenvalue weighted by Gasteiger charge is 2.05. The molecule has 0 radical (unpaired) electrons. The molecule has 0 aliphatic heterocycles. The fourth-order valence-corrected chi connectivity index (χ4v) is 1.86. The van der Waals surface area contributed by atoms with Crippen molar-refractivity contribution < 1.29 is 4.52 Å². The second-order valence-electron chi connectivity index (χ2n) is 4.59. The maximum atomic E-state index is 8.67. The molecule has 2 aromatic heterocycles. The molecule has 7 nitrogen and oxygen atoms in total. The van der Waals surface area contributed by atoms with E-state index in [2.05, 4.69) is 25.4 Å². The Morgan fingerprint density at radius 1 is 1.18 bits per heavy atom. The van der Waals surface area contributed by atoms with Gasteiger partial charge in [-0.3, -0.25) is 0 Å². The molecule has 1 N–H and O–H groups in total. The molecule has 22 heavy (non-hydrogen) atoms. The zero-order chi connectivity index (χ0) is 15.4. The van der Waals surface area contributed by atoms with Crippen LogP contribution >= 0.6 is 0 Å². The van der Waals surface area contributed by atoms with Crippen LogP contribution < -0.4 is 5.32 Å². The summed E-state index contributed by atoms with van der Waals surface area (Å²) in [5.41, 5.74) is 2.28. The molecular formula is C15H12N6O. The van der Waals surface area contributed by atoms with Gasteiger partial charge in [-0.1, -0.05) is 29.4 Å². The van der Waals surface area contributed by atoms with Crippen molar-refractivity contribution in [2.75, 3.05) is 5.32 Å². The average molecular weight is 292 g/mol. The first-order valence-corrected chi connectivity index (χ1v) is 6.60. The van der Waals surface area contributed by atoms with Gasteiger partial charge in [-0.05, 0) is 5.56 Å². The minimum atomic E-state index is 0.297. The summed E-state index contributed by atoms with van der Waals surface area (Å²) >= 11 is 0. The molecule has 0 aliphatic carbocycles. The Morgan fingerprint density at radius 3 is 2.59 bits per heavy atom. The van der Waals surface area contributed by atoms with Gasteiger partial charge in [-0.15, -0.1) is 0 Å². The highest BCUT2D eigenvalue weighted by Crippen LogP contribution is 2.16. The second kappa shape index (κ2) is 6.01. The first-order valence-electron chi connectivity index (χ1n) is 6.60. The van der Waals surface area contributed by atoms with E-state index in [4.69, 9.17) is 9.78 Å². The van der Waals surface area contributed by atoms with Crippen LogP contribution in [0.2, 0.25) is 0 Å². The number of aromatic nitrogens is 4. The number of nitriles is 1. The number of aryl methyl sites for hydroxylation is 1. The van der Waals surface area contributed by atoms with E-state index < -0.39 is 0 Å². The largest absolute Gasteiger partial charge is 0.365 e. The van der Waals surface area contributed by atoms with Gasteiger partial charge in [0.15, 0.2) is 5.69 Å². The van der Waals surface area contributed by atoms with Gasteiger partial charge >= 0.3 is 0 Å². The van der Waals surface area contributed by atoms with Gasteiger partial charge in [0.05, 0.1) is 12.4 Å². The van der Waals surface area contributed by atoms with Gasteiger partial charge in [0.25, 0.3) is 0 Å². The molecule has 0 aliphatic rings. The lowest BCUT2D eigenvalue weighted by atomic mass is 10.1. The SMILES string of the molecule is Cc1nc(-c2ccc(CNc3cnc(C#N)cn3)cc2)no1. The molecular weight excluding hydrogens is 280 g/mol. The third-order valence-electron chi connectivity index (χ3n) is 2.98. The standard InChI is InChI=1S/C15H12N6O/c1-10-20-15(21-22-10)12-4-2-11(3-5-12)7-18-14-9-17-13(6-16)8-19-14/h2-5,8-9H,7H2,1H3,(H,18,19). The van der Waals surface area contributed by atoms with Crippen LogP contribution in [0.5, 0.6) is 0 Å². The number of nitrogens with zero attached hydrogens (tertiary/aromatic N) is 5. The van der Waals surface area contributed by atoms with Gasteiger partial charge in [-0.2, -0.15) is 10.2 Å². The summed E-state index contributed by atoms with van der Waals surface area (Å²) in [6, 6.07) is 9.76. The molecule has 7 heteroatoms. The Kier molecular flexibility index (Phi) is 3.74. The Hall–Kier alpha value is -3.27. The molecule has 0 amide bonds. The van der Waals surface area contributed by atoms with Crippen LogP contribution in [0.4, 0.5) is 5.82 Å². The highest BCUT2D eigenvalue weighted by atomic mass is 16.5. The number of hydrogen-bond donors (Lipinski definition) is 1. The number of anilines is 1. The Morgan fingerprint density at radius 2 is 2.00 bits per heavy atom. The van der Waals surface area contributed by atoms with E-state index in [1.54, 1.807) is 6.92 Å². The van der Waals surface area contributed by atoms with E-state index in [-0.39, 0.29) is 0 Å². The summed E-state index contributed by atoms with van der Waals surface area (Å²) in [5, 5.41) is 15.7. The van der Waals surface area contributed by atoms with Crippen molar-refractivity contribution in [2.45, 2.75) is 13.5 Å². The molecule has 0 saturated heterocycles. The summed E-state index contributed by atoms with van der Waals surface area (Å²) in [4.78, 5) is 12.2. The molecule has 3 aromatic rings. The number of nitrogens with one attached hydrogen (secondary N) is 1. The number of benzene rings is 1. The molecule has 1 aromatic carbocycles. The van der Waals surface area contributed by atoms with E-state index in [1.165, 1.54) is 12.4 Å². The van der Waals surface area contributed by atoms with Crippen LogP contribution in [0.3, 0.4) is 0 Å². The molecule has 0 unspecified atom stereocenters. The van der Waals surface area contributed by atoms with Crippen LogP contribution in [0.15, 0.2) is 41.2 Å². The monoisotopic (exact) mass is 292 g/mol. The lowest BCUT2D eigenvalue weighted by Crippen LogP contribution is -2.02. The summed E-state index contributed by atoms with van der Waals surface area (Å²) in [5.74, 6) is 1.74. The van der Waals surface area contributed by atoms with E-state index in [9.17, 15) is 0 Å². The summed E-state index contributed by atoms with van der Waals surface area (Å²) in [6.45, 7) is 2.36. The van der Waals surface area contributed by atoms with Crippen LogP contribution in [0, 0.1) is 18.3 Å². The van der Waals surface area contributed by atoms with E-state index in [0.717, 1.165) is 11.1 Å². The topological polar surface area (TPSA) is 101 Å². The fourth-order valence-electron chi connectivity index (χ4n) is 1.86. The van der Waals surface area contributed by atoms with Crippen molar-refractivity contribution in [3.05, 3.63) is 53.8 Å². The van der Waals surface area contributed by atoms with E-state index in [1.807, 2.05) is 30.3 Å². The lowest BCUT2D eigenvalue weighted by molar-refractivity contribution is 0.394. The molecule has 0 fully saturated rings. The third-order valence-corrected chi connectivity index (χ3v) is 2.98. The minimum Gasteiger partial charge on any atom is -0.365 e. The van der Waals surface area contributed by atoms with Crippen LogP contribution in [0.1, 0.15) is 17.1 Å².